The summed E-state index contributed by atoms with van der Waals surface area (Å²) >= 11 is 5.64. The van der Waals surface area contributed by atoms with Crippen LogP contribution >= 0.6 is 11.6 Å². The summed E-state index contributed by atoms with van der Waals surface area (Å²) in [7, 11) is 1.75. The van der Waals surface area contributed by atoms with Gasteiger partial charge in [0.05, 0.1) is 5.02 Å². The first-order valence-electron chi connectivity index (χ1n) is 5.50. The Balaban J connectivity index is 2.18. The minimum atomic E-state index is -0.532. The Hall–Kier alpha value is -2.14. The highest BCUT2D eigenvalue weighted by molar-refractivity contribution is 6.31. The lowest BCUT2D eigenvalue weighted by Crippen LogP contribution is -2.13. The summed E-state index contributed by atoms with van der Waals surface area (Å²) in [5.41, 5.74) is 1.44. The summed E-state index contributed by atoms with van der Waals surface area (Å²) in [5.74, 6) is -0.922. The van der Waals surface area contributed by atoms with Gasteiger partial charge >= 0.3 is 0 Å². The summed E-state index contributed by atoms with van der Waals surface area (Å²) in [4.78, 5) is 15.9. The van der Waals surface area contributed by atoms with E-state index in [1.807, 2.05) is 0 Å². The molecule has 0 aliphatic rings. The van der Waals surface area contributed by atoms with Gasteiger partial charge in [0.1, 0.15) is 11.5 Å². The molecule has 4 nitrogen and oxygen atoms in total. The maximum Gasteiger partial charge on any atom is 0.274 e. The van der Waals surface area contributed by atoms with Crippen LogP contribution in [0.1, 0.15) is 10.5 Å². The van der Waals surface area contributed by atoms with E-state index in [2.05, 4.69) is 15.6 Å². The van der Waals surface area contributed by atoms with E-state index in [1.54, 1.807) is 19.2 Å². The molecule has 1 heterocycles. The van der Waals surface area contributed by atoms with Gasteiger partial charge in [-0.15, -0.1) is 0 Å². The summed E-state index contributed by atoms with van der Waals surface area (Å²) in [6.45, 7) is 0. The standard InChI is InChI=1S/C13H11ClFN3O/c1-16-8-4-5-17-12(7-8)13(19)18-9-2-3-11(15)10(14)6-9/h2-7H,1H3,(H,16,17)(H,18,19). The molecule has 1 amide bonds. The van der Waals surface area contributed by atoms with E-state index < -0.39 is 5.82 Å². The van der Waals surface area contributed by atoms with Crippen LogP contribution in [0.25, 0.3) is 0 Å². The number of carbonyl (C=O) groups is 1. The van der Waals surface area contributed by atoms with Gasteiger partial charge in [-0.1, -0.05) is 11.6 Å². The number of rotatable bonds is 3. The Kier molecular flexibility index (Phi) is 3.97. The van der Waals surface area contributed by atoms with E-state index in [-0.39, 0.29) is 16.6 Å². The SMILES string of the molecule is CNc1ccnc(C(=O)Nc2ccc(F)c(Cl)c2)c1. The minimum absolute atomic E-state index is 0.0465. The first-order chi connectivity index (χ1) is 9.10. The van der Waals surface area contributed by atoms with Crippen molar-refractivity contribution in [3.05, 3.63) is 53.1 Å². The molecule has 0 radical (unpaired) electrons. The molecule has 2 rings (SSSR count). The second-order valence-corrected chi connectivity index (χ2v) is 4.17. The summed E-state index contributed by atoms with van der Waals surface area (Å²) in [6, 6.07) is 7.32. The summed E-state index contributed by atoms with van der Waals surface area (Å²) in [5, 5.41) is 5.46. The highest BCUT2D eigenvalue weighted by Gasteiger charge is 2.09. The fourth-order valence-corrected chi connectivity index (χ4v) is 1.66. The van der Waals surface area contributed by atoms with Crippen molar-refractivity contribution in [1.29, 1.82) is 0 Å². The van der Waals surface area contributed by atoms with Gasteiger partial charge in [-0.25, -0.2) is 4.39 Å². The Bertz CT molecular complexity index is 619. The number of carbonyl (C=O) groups excluding carboxylic acids is 1. The number of nitrogens with one attached hydrogen (secondary N) is 2. The van der Waals surface area contributed by atoms with Crippen molar-refractivity contribution in [2.45, 2.75) is 0 Å². The van der Waals surface area contributed by atoms with Crippen molar-refractivity contribution >= 4 is 28.9 Å². The first-order valence-corrected chi connectivity index (χ1v) is 5.88. The van der Waals surface area contributed by atoms with Crippen molar-refractivity contribution < 1.29 is 9.18 Å². The molecule has 2 N–H and O–H groups in total. The molecule has 0 saturated heterocycles. The summed E-state index contributed by atoms with van der Waals surface area (Å²) < 4.78 is 13.0. The zero-order valence-electron chi connectivity index (χ0n) is 10.1. The van der Waals surface area contributed by atoms with Crippen molar-refractivity contribution in [1.82, 2.24) is 4.98 Å². The van der Waals surface area contributed by atoms with Crippen molar-refractivity contribution in [2.75, 3.05) is 17.7 Å². The second kappa shape index (κ2) is 5.67. The number of amides is 1. The number of benzene rings is 1. The molecule has 0 spiro atoms. The predicted octanol–water partition coefficient (Wildman–Crippen LogP) is 3.17. The molecule has 98 valence electrons. The predicted molar refractivity (Wildman–Crippen MR) is 73.1 cm³/mol. The van der Waals surface area contributed by atoms with Gasteiger partial charge in [-0.05, 0) is 30.3 Å². The third kappa shape index (κ3) is 3.20. The van der Waals surface area contributed by atoms with Gasteiger partial charge in [0.15, 0.2) is 0 Å². The lowest BCUT2D eigenvalue weighted by molar-refractivity contribution is 0.102. The largest absolute Gasteiger partial charge is 0.388 e. The van der Waals surface area contributed by atoms with Crippen LogP contribution in [0.15, 0.2) is 36.5 Å². The summed E-state index contributed by atoms with van der Waals surface area (Å²) in [6.07, 6.45) is 1.53. The third-order valence-corrected chi connectivity index (χ3v) is 2.75. The second-order valence-electron chi connectivity index (χ2n) is 3.76. The van der Waals surface area contributed by atoms with E-state index in [4.69, 9.17) is 11.6 Å². The zero-order chi connectivity index (χ0) is 13.8. The fourth-order valence-electron chi connectivity index (χ4n) is 1.48. The maximum absolute atomic E-state index is 13.0. The molecule has 6 heteroatoms. The molecular formula is C13H11ClFN3O. The van der Waals surface area contributed by atoms with Gasteiger partial charge in [0.25, 0.3) is 5.91 Å². The number of aromatic nitrogens is 1. The van der Waals surface area contributed by atoms with Crippen molar-refractivity contribution in [3.8, 4) is 0 Å². The number of hydrogen-bond acceptors (Lipinski definition) is 3. The van der Waals surface area contributed by atoms with Crippen LogP contribution in [0.2, 0.25) is 5.02 Å². The fraction of sp³-hybridized carbons (Fsp3) is 0.0769. The van der Waals surface area contributed by atoms with E-state index in [0.717, 1.165) is 5.69 Å². The highest BCUT2D eigenvalue weighted by Crippen LogP contribution is 2.20. The molecule has 19 heavy (non-hydrogen) atoms. The van der Waals surface area contributed by atoms with Gasteiger partial charge < -0.3 is 10.6 Å². The highest BCUT2D eigenvalue weighted by atomic mass is 35.5. The van der Waals surface area contributed by atoms with Crippen LogP contribution in [0.4, 0.5) is 15.8 Å². The Morgan fingerprint density at radius 3 is 2.74 bits per heavy atom. The quantitative estimate of drug-likeness (QED) is 0.907. The van der Waals surface area contributed by atoms with Crippen molar-refractivity contribution in [3.63, 3.8) is 0 Å². The lowest BCUT2D eigenvalue weighted by atomic mass is 10.2. The van der Waals surface area contributed by atoms with E-state index in [9.17, 15) is 9.18 Å². The maximum atomic E-state index is 13.0. The Morgan fingerprint density at radius 1 is 1.26 bits per heavy atom. The molecule has 1 aromatic heterocycles. The topological polar surface area (TPSA) is 54.0 Å². The average molecular weight is 280 g/mol. The molecule has 1 aromatic carbocycles. The van der Waals surface area contributed by atoms with Crippen LogP contribution in [-0.2, 0) is 0 Å². The Labute approximate surface area is 114 Å². The van der Waals surface area contributed by atoms with Crippen LogP contribution in [0, 0.1) is 5.82 Å². The van der Waals surface area contributed by atoms with Gasteiger partial charge in [0.2, 0.25) is 0 Å². The number of anilines is 2. The molecular weight excluding hydrogens is 269 g/mol. The molecule has 0 atom stereocenters. The van der Waals surface area contributed by atoms with Gasteiger partial charge in [-0.2, -0.15) is 0 Å². The number of halogens is 2. The van der Waals surface area contributed by atoms with E-state index >= 15 is 0 Å². The number of pyridine rings is 1. The van der Waals surface area contributed by atoms with Gasteiger partial charge in [-0.3, -0.25) is 9.78 Å². The Morgan fingerprint density at radius 2 is 2.05 bits per heavy atom. The monoisotopic (exact) mass is 279 g/mol. The zero-order valence-corrected chi connectivity index (χ0v) is 10.8. The molecule has 0 aliphatic heterocycles. The van der Waals surface area contributed by atoms with Crippen molar-refractivity contribution in [2.24, 2.45) is 0 Å². The normalized spacial score (nSPS) is 10.1. The van der Waals surface area contributed by atoms with E-state index in [0.29, 0.717) is 5.69 Å². The van der Waals surface area contributed by atoms with Crippen LogP contribution in [-0.4, -0.2) is 17.9 Å². The van der Waals surface area contributed by atoms with Crippen LogP contribution in [0.5, 0.6) is 0 Å². The molecule has 0 fully saturated rings. The molecule has 0 saturated carbocycles. The van der Waals surface area contributed by atoms with E-state index in [1.165, 1.54) is 24.4 Å². The average Bonchev–Trinajstić information content (AvgIpc) is 2.43. The number of nitrogens with zero attached hydrogens (tertiary/aromatic N) is 1. The van der Waals surface area contributed by atoms with Crippen LogP contribution in [0.3, 0.4) is 0 Å². The lowest BCUT2D eigenvalue weighted by Gasteiger charge is -2.06. The molecule has 0 aliphatic carbocycles. The van der Waals surface area contributed by atoms with Gasteiger partial charge in [0, 0.05) is 24.6 Å². The minimum Gasteiger partial charge on any atom is -0.388 e. The molecule has 2 aromatic rings. The van der Waals surface area contributed by atoms with Crippen LogP contribution < -0.4 is 10.6 Å². The number of hydrogen-bond donors (Lipinski definition) is 2. The third-order valence-electron chi connectivity index (χ3n) is 2.46. The molecule has 0 bridgehead atoms. The molecule has 0 unspecified atom stereocenters. The first kappa shape index (κ1) is 13.3. The smallest absolute Gasteiger partial charge is 0.274 e.